The molecule has 2 N–H and O–H groups in total. The van der Waals surface area contributed by atoms with E-state index < -0.39 is 0 Å². The van der Waals surface area contributed by atoms with Gasteiger partial charge in [0.15, 0.2) is 0 Å². The van der Waals surface area contributed by atoms with Gasteiger partial charge in [-0.3, -0.25) is 9.59 Å². The number of aryl methyl sites for hydroxylation is 2. The van der Waals surface area contributed by atoms with Crippen molar-refractivity contribution in [1.29, 1.82) is 0 Å². The van der Waals surface area contributed by atoms with Gasteiger partial charge in [0.1, 0.15) is 18.1 Å². The van der Waals surface area contributed by atoms with Crippen LogP contribution < -0.4 is 15.4 Å². The number of rotatable bonds is 8. The first-order chi connectivity index (χ1) is 14.5. The molecule has 3 aromatic rings. The number of hydrogen-bond donors (Lipinski definition) is 2. The van der Waals surface area contributed by atoms with Crippen molar-refractivity contribution < 1.29 is 14.3 Å². The summed E-state index contributed by atoms with van der Waals surface area (Å²) in [5.41, 5.74) is 2.86. The fourth-order valence-electron chi connectivity index (χ4n) is 2.71. The molecule has 0 atom stereocenters. The molecule has 30 heavy (non-hydrogen) atoms. The SMILES string of the molecule is Cc1ccc(C(=O)N/C(=C\c2cccs2)C(=O)NCCOc2cccc(C)c2)cc1. The Balaban J connectivity index is 1.62. The molecular formula is C24H24N2O3S. The Morgan fingerprint density at radius 3 is 2.50 bits per heavy atom. The Hall–Kier alpha value is -3.38. The highest BCUT2D eigenvalue weighted by Gasteiger charge is 2.14. The molecule has 0 saturated heterocycles. The molecule has 154 valence electrons. The van der Waals surface area contributed by atoms with Crippen molar-refractivity contribution in [3.8, 4) is 5.75 Å². The van der Waals surface area contributed by atoms with Crippen LogP contribution in [-0.4, -0.2) is 25.0 Å². The van der Waals surface area contributed by atoms with Gasteiger partial charge < -0.3 is 15.4 Å². The van der Waals surface area contributed by atoms with E-state index in [0.717, 1.165) is 21.8 Å². The van der Waals surface area contributed by atoms with E-state index in [1.807, 2.05) is 67.8 Å². The topological polar surface area (TPSA) is 67.4 Å². The van der Waals surface area contributed by atoms with Crippen molar-refractivity contribution >= 4 is 29.2 Å². The van der Waals surface area contributed by atoms with E-state index in [2.05, 4.69) is 10.6 Å². The summed E-state index contributed by atoms with van der Waals surface area (Å²) in [5.74, 6) is 0.0620. The number of nitrogens with one attached hydrogen (secondary N) is 2. The zero-order valence-electron chi connectivity index (χ0n) is 17.0. The third kappa shape index (κ3) is 6.32. The number of hydrogen-bond acceptors (Lipinski definition) is 4. The molecule has 1 heterocycles. The number of thiophene rings is 1. The highest BCUT2D eigenvalue weighted by atomic mass is 32.1. The van der Waals surface area contributed by atoms with Gasteiger partial charge in [-0.15, -0.1) is 11.3 Å². The van der Waals surface area contributed by atoms with Crippen molar-refractivity contribution in [2.45, 2.75) is 13.8 Å². The van der Waals surface area contributed by atoms with Gasteiger partial charge in [-0.25, -0.2) is 0 Å². The summed E-state index contributed by atoms with van der Waals surface area (Å²) in [7, 11) is 0. The minimum Gasteiger partial charge on any atom is -0.492 e. The van der Waals surface area contributed by atoms with E-state index in [9.17, 15) is 9.59 Å². The molecule has 6 heteroatoms. The third-order valence-electron chi connectivity index (χ3n) is 4.28. The van der Waals surface area contributed by atoms with Gasteiger partial charge in [-0.2, -0.15) is 0 Å². The van der Waals surface area contributed by atoms with E-state index >= 15 is 0 Å². The second-order valence-corrected chi connectivity index (χ2v) is 7.79. The molecule has 0 aliphatic carbocycles. The lowest BCUT2D eigenvalue weighted by Gasteiger charge is -2.12. The molecule has 0 fully saturated rings. The summed E-state index contributed by atoms with van der Waals surface area (Å²) in [6, 6.07) is 18.7. The molecule has 0 spiro atoms. The lowest BCUT2D eigenvalue weighted by atomic mass is 10.1. The summed E-state index contributed by atoms with van der Waals surface area (Å²) in [5, 5.41) is 7.45. The summed E-state index contributed by atoms with van der Waals surface area (Å²) < 4.78 is 5.66. The van der Waals surface area contributed by atoms with Gasteiger partial charge in [0.25, 0.3) is 11.8 Å². The van der Waals surface area contributed by atoms with Crippen molar-refractivity contribution in [1.82, 2.24) is 10.6 Å². The van der Waals surface area contributed by atoms with E-state index in [4.69, 9.17) is 4.74 Å². The van der Waals surface area contributed by atoms with Gasteiger partial charge in [0, 0.05) is 10.4 Å². The molecule has 0 unspecified atom stereocenters. The van der Waals surface area contributed by atoms with Crippen molar-refractivity contribution in [2.75, 3.05) is 13.2 Å². The highest BCUT2D eigenvalue weighted by Crippen LogP contribution is 2.14. The monoisotopic (exact) mass is 420 g/mol. The normalized spacial score (nSPS) is 11.1. The zero-order chi connectivity index (χ0) is 21.3. The predicted octanol–water partition coefficient (Wildman–Crippen LogP) is 4.33. The van der Waals surface area contributed by atoms with Crippen LogP contribution in [0.3, 0.4) is 0 Å². The van der Waals surface area contributed by atoms with E-state index in [1.165, 1.54) is 11.3 Å². The first kappa shape index (κ1) is 21.3. The second kappa shape index (κ2) is 10.4. The number of amides is 2. The summed E-state index contributed by atoms with van der Waals surface area (Å²) in [6.07, 6.45) is 1.67. The highest BCUT2D eigenvalue weighted by molar-refractivity contribution is 7.10. The van der Waals surface area contributed by atoms with Gasteiger partial charge in [-0.1, -0.05) is 35.9 Å². The Kier molecular flexibility index (Phi) is 7.40. The molecule has 0 radical (unpaired) electrons. The molecule has 3 rings (SSSR count). The predicted molar refractivity (Wildman–Crippen MR) is 121 cm³/mol. The molecule has 2 aromatic carbocycles. The van der Waals surface area contributed by atoms with Gasteiger partial charge in [-0.05, 0) is 61.2 Å². The Morgan fingerprint density at radius 2 is 1.80 bits per heavy atom. The first-order valence-corrected chi connectivity index (χ1v) is 10.5. The number of carbonyl (C=O) groups is 2. The number of benzene rings is 2. The van der Waals surface area contributed by atoms with E-state index in [-0.39, 0.29) is 17.5 Å². The molecule has 0 aliphatic heterocycles. The third-order valence-corrected chi connectivity index (χ3v) is 5.10. The quantitative estimate of drug-likeness (QED) is 0.421. The largest absolute Gasteiger partial charge is 0.492 e. The Bertz CT molecular complexity index is 1020. The minimum atomic E-state index is -0.364. The lowest BCUT2D eigenvalue weighted by molar-refractivity contribution is -0.117. The maximum atomic E-state index is 12.7. The average molecular weight is 421 g/mol. The summed E-state index contributed by atoms with van der Waals surface area (Å²) >= 11 is 1.49. The summed E-state index contributed by atoms with van der Waals surface area (Å²) in [4.78, 5) is 26.2. The van der Waals surface area contributed by atoms with Crippen LogP contribution in [0.15, 0.2) is 71.7 Å². The first-order valence-electron chi connectivity index (χ1n) is 9.62. The van der Waals surface area contributed by atoms with E-state index in [1.54, 1.807) is 18.2 Å². The van der Waals surface area contributed by atoms with Gasteiger partial charge in [0.05, 0.1) is 6.54 Å². The average Bonchev–Trinajstić information content (AvgIpc) is 3.24. The van der Waals surface area contributed by atoms with Crippen LogP contribution in [0.2, 0.25) is 0 Å². The maximum Gasteiger partial charge on any atom is 0.267 e. The summed E-state index contributed by atoms with van der Waals surface area (Å²) in [6.45, 7) is 4.59. The van der Waals surface area contributed by atoms with Gasteiger partial charge in [0.2, 0.25) is 0 Å². The lowest BCUT2D eigenvalue weighted by Crippen LogP contribution is -2.36. The molecule has 0 bridgehead atoms. The fourth-order valence-corrected chi connectivity index (χ4v) is 3.36. The van der Waals surface area contributed by atoms with Gasteiger partial charge >= 0.3 is 0 Å². The fraction of sp³-hybridized carbons (Fsp3) is 0.167. The van der Waals surface area contributed by atoms with Crippen LogP contribution in [0.25, 0.3) is 6.08 Å². The second-order valence-electron chi connectivity index (χ2n) is 6.81. The molecule has 1 aromatic heterocycles. The van der Waals surface area contributed by atoms with Crippen molar-refractivity contribution in [2.24, 2.45) is 0 Å². The molecular weight excluding hydrogens is 396 g/mol. The Morgan fingerprint density at radius 1 is 1.00 bits per heavy atom. The van der Waals surface area contributed by atoms with Crippen LogP contribution in [0.1, 0.15) is 26.4 Å². The molecule has 0 aliphatic rings. The smallest absolute Gasteiger partial charge is 0.267 e. The van der Waals surface area contributed by atoms with Crippen LogP contribution >= 0.6 is 11.3 Å². The molecule has 5 nitrogen and oxygen atoms in total. The van der Waals surface area contributed by atoms with Crippen LogP contribution in [0.5, 0.6) is 5.75 Å². The Labute approximate surface area is 180 Å². The van der Waals surface area contributed by atoms with Crippen molar-refractivity contribution in [3.05, 3.63) is 93.3 Å². The van der Waals surface area contributed by atoms with Crippen LogP contribution in [0, 0.1) is 13.8 Å². The molecule has 0 saturated carbocycles. The zero-order valence-corrected chi connectivity index (χ0v) is 17.8. The maximum absolute atomic E-state index is 12.7. The van der Waals surface area contributed by atoms with Crippen LogP contribution in [-0.2, 0) is 4.79 Å². The number of carbonyl (C=O) groups excluding carboxylic acids is 2. The van der Waals surface area contributed by atoms with Crippen LogP contribution in [0.4, 0.5) is 0 Å². The number of ether oxygens (including phenoxy) is 1. The minimum absolute atomic E-state index is 0.193. The van der Waals surface area contributed by atoms with Crippen molar-refractivity contribution in [3.63, 3.8) is 0 Å². The standard InChI is InChI=1S/C24H24N2O3S/c1-17-8-10-19(11-9-17)23(27)26-22(16-21-7-4-14-30-21)24(28)25-12-13-29-20-6-3-5-18(2)15-20/h3-11,14-16H,12-13H2,1-2H3,(H,25,28)(H,26,27)/b22-16-. The molecule has 2 amide bonds. The van der Waals surface area contributed by atoms with E-state index in [0.29, 0.717) is 18.7 Å².